The molecule has 0 aromatic heterocycles. The van der Waals surface area contributed by atoms with Crippen molar-refractivity contribution in [1.82, 2.24) is 0 Å². The summed E-state index contributed by atoms with van der Waals surface area (Å²) in [6, 6.07) is 0. The fraction of sp³-hybridized carbons (Fsp3) is 0.833. The standard InChI is InChI=1S/2C12H24FP.Pd/c2*1-10(2,3)12(13,8-7-9-14)11(4,5)6;/h2*7-8H,9,14H2,1-6H3;. The first-order valence-electron chi connectivity index (χ1n) is 10.3. The van der Waals surface area contributed by atoms with E-state index in [0.717, 1.165) is 12.3 Å². The molecule has 0 rings (SSSR count). The van der Waals surface area contributed by atoms with Gasteiger partial charge >= 0.3 is 0 Å². The van der Waals surface area contributed by atoms with E-state index >= 15 is 0 Å². The molecule has 0 aliphatic rings. The van der Waals surface area contributed by atoms with Crippen LogP contribution in [0.5, 0.6) is 0 Å². The Balaban J connectivity index is -0.000000451. The summed E-state index contributed by atoms with van der Waals surface area (Å²) < 4.78 is 29.8. The van der Waals surface area contributed by atoms with E-state index in [-0.39, 0.29) is 42.1 Å². The minimum absolute atomic E-state index is 0. The van der Waals surface area contributed by atoms with Crippen molar-refractivity contribution >= 4 is 18.5 Å². The molecule has 0 spiro atoms. The Labute approximate surface area is 200 Å². The summed E-state index contributed by atoms with van der Waals surface area (Å²) in [6.45, 7) is 23.4. The molecule has 2 atom stereocenters. The minimum Gasteiger partial charge on any atom is -0.238 e. The normalized spacial score (nSPS) is 14.6. The minimum atomic E-state index is -1.27. The molecular formula is C24H48F2P2Pd. The van der Waals surface area contributed by atoms with Crippen LogP contribution in [0.2, 0.25) is 0 Å². The Bertz CT molecular complexity index is 437. The molecule has 0 aliphatic carbocycles. The van der Waals surface area contributed by atoms with Crippen molar-refractivity contribution in [2.75, 3.05) is 12.3 Å². The molecule has 29 heavy (non-hydrogen) atoms. The van der Waals surface area contributed by atoms with E-state index in [0.29, 0.717) is 0 Å². The van der Waals surface area contributed by atoms with Gasteiger partial charge < -0.3 is 0 Å². The van der Waals surface area contributed by atoms with Crippen molar-refractivity contribution in [1.29, 1.82) is 0 Å². The molecule has 0 nitrogen and oxygen atoms in total. The van der Waals surface area contributed by atoms with E-state index < -0.39 is 11.3 Å². The van der Waals surface area contributed by atoms with Gasteiger partial charge in [-0.3, -0.25) is 0 Å². The first-order valence-corrected chi connectivity index (χ1v) is 11.9. The van der Waals surface area contributed by atoms with Crippen LogP contribution in [-0.2, 0) is 20.4 Å². The molecule has 5 heteroatoms. The van der Waals surface area contributed by atoms with Crippen molar-refractivity contribution in [2.24, 2.45) is 21.7 Å². The smallest absolute Gasteiger partial charge is 0.138 e. The zero-order chi connectivity index (χ0) is 23.2. The molecule has 0 saturated heterocycles. The summed E-state index contributed by atoms with van der Waals surface area (Å²) >= 11 is 0. The van der Waals surface area contributed by atoms with Gasteiger partial charge in [0.15, 0.2) is 0 Å². The second-order valence-electron chi connectivity index (χ2n) is 11.7. The number of rotatable bonds is 4. The zero-order valence-corrected chi connectivity index (χ0v) is 24.8. The maximum atomic E-state index is 14.9. The van der Waals surface area contributed by atoms with Crippen molar-refractivity contribution in [3.8, 4) is 0 Å². The molecule has 178 valence electrons. The number of hydrogen-bond donors (Lipinski definition) is 0. The van der Waals surface area contributed by atoms with Crippen LogP contribution in [-0.4, -0.2) is 23.7 Å². The quantitative estimate of drug-likeness (QED) is 0.190. The Hall–Kier alpha value is 0.862. The Morgan fingerprint density at radius 3 is 0.793 bits per heavy atom. The van der Waals surface area contributed by atoms with Crippen molar-refractivity contribution in [3.05, 3.63) is 24.3 Å². The molecule has 0 amide bonds. The molecule has 0 heterocycles. The van der Waals surface area contributed by atoms with Crippen LogP contribution in [0.25, 0.3) is 0 Å². The van der Waals surface area contributed by atoms with E-state index in [1.54, 1.807) is 12.2 Å². The first kappa shape index (κ1) is 34.5. The third-order valence-corrected chi connectivity index (χ3v) is 5.88. The summed E-state index contributed by atoms with van der Waals surface area (Å²) in [4.78, 5) is 0. The van der Waals surface area contributed by atoms with E-state index in [4.69, 9.17) is 0 Å². The Morgan fingerprint density at radius 1 is 0.517 bits per heavy atom. The van der Waals surface area contributed by atoms with Crippen LogP contribution in [0.15, 0.2) is 24.3 Å². The number of alkyl halides is 2. The van der Waals surface area contributed by atoms with Gasteiger partial charge in [0.2, 0.25) is 0 Å². The van der Waals surface area contributed by atoms with Crippen LogP contribution in [0.3, 0.4) is 0 Å². The maximum absolute atomic E-state index is 14.9. The molecule has 0 aliphatic heterocycles. The zero-order valence-electron chi connectivity index (χ0n) is 21.0. The summed E-state index contributed by atoms with van der Waals surface area (Å²) in [5, 5.41) is 0. The molecule has 0 radical (unpaired) electrons. The van der Waals surface area contributed by atoms with Gasteiger partial charge in [-0.15, -0.1) is 18.5 Å². The molecule has 0 fully saturated rings. The fourth-order valence-electron chi connectivity index (χ4n) is 3.71. The van der Waals surface area contributed by atoms with Crippen LogP contribution >= 0.6 is 18.5 Å². The third kappa shape index (κ3) is 9.48. The van der Waals surface area contributed by atoms with Gasteiger partial charge in [0.05, 0.1) is 0 Å². The second kappa shape index (κ2) is 12.2. The average molecular weight is 543 g/mol. The summed E-state index contributed by atoms with van der Waals surface area (Å²) in [6.07, 6.45) is 8.83. The maximum Gasteiger partial charge on any atom is 0.138 e. The van der Waals surface area contributed by atoms with E-state index in [1.165, 1.54) is 0 Å². The van der Waals surface area contributed by atoms with Gasteiger partial charge in [-0.2, -0.15) is 0 Å². The third-order valence-electron chi connectivity index (χ3n) is 5.33. The van der Waals surface area contributed by atoms with E-state index in [1.807, 2.05) is 95.2 Å². The summed E-state index contributed by atoms with van der Waals surface area (Å²) in [5.74, 6) is 0. The topological polar surface area (TPSA) is 0 Å². The van der Waals surface area contributed by atoms with Gasteiger partial charge in [-0.05, 0) is 12.3 Å². The summed E-state index contributed by atoms with van der Waals surface area (Å²) in [5.41, 5.74) is -4.03. The predicted molar refractivity (Wildman–Crippen MR) is 133 cm³/mol. The van der Waals surface area contributed by atoms with Crippen LogP contribution in [0.1, 0.15) is 83.1 Å². The van der Waals surface area contributed by atoms with Gasteiger partial charge in [0.1, 0.15) is 11.3 Å². The SMILES string of the molecule is CC(C)(C)C(F)(C=CCP)C(C)(C)C.CC(C)(C)C(F)(C=CCP)C(C)(C)C.[Pd]. The van der Waals surface area contributed by atoms with E-state index in [2.05, 4.69) is 18.5 Å². The molecular weight excluding hydrogens is 495 g/mol. The second-order valence-corrected chi connectivity index (χ2v) is 12.6. The Morgan fingerprint density at radius 2 is 0.690 bits per heavy atom. The van der Waals surface area contributed by atoms with Gasteiger partial charge in [-0.25, -0.2) is 8.78 Å². The Kier molecular flexibility index (Phi) is 14.5. The fourth-order valence-corrected chi connectivity index (χ4v) is 3.98. The van der Waals surface area contributed by atoms with Crippen LogP contribution in [0, 0.1) is 21.7 Å². The van der Waals surface area contributed by atoms with Crippen molar-refractivity contribution in [2.45, 2.75) is 94.4 Å². The van der Waals surface area contributed by atoms with Crippen LogP contribution in [0.4, 0.5) is 8.78 Å². The molecule has 0 bridgehead atoms. The first-order chi connectivity index (χ1) is 12.1. The molecule has 0 N–H and O–H groups in total. The van der Waals surface area contributed by atoms with Gasteiger partial charge in [-0.1, -0.05) is 107 Å². The molecule has 0 aromatic rings. The number of hydrogen-bond acceptors (Lipinski definition) is 0. The van der Waals surface area contributed by atoms with Gasteiger partial charge in [0.25, 0.3) is 0 Å². The molecule has 2 unspecified atom stereocenters. The van der Waals surface area contributed by atoms with Crippen molar-refractivity contribution in [3.63, 3.8) is 0 Å². The number of allylic oxidation sites excluding steroid dienone is 4. The molecule has 0 aromatic carbocycles. The van der Waals surface area contributed by atoms with Crippen LogP contribution < -0.4 is 0 Å². The summed E-state index contributed by atoms with van der Waals surface area (Å²) in [7, 11) is 5.17. The van der Waals surface area contributed by atoms with Gasteiger partial charge in [0, 0.05) is 42.1 Å². The van der Waals surface area contributed by atoms with E-state index in [9.17, 15) is 8.78 Å². The monoisotopic (exact) mass is 542 g/mol. The average Bonchev–Trinajstić information content (AvgIpc) is 2.46. The number of halogens is 2. The largest absolute Gasteiger partial charge is 0.238 e. The van der Waals surface area contributed by atoms with Crippen molar-refractivity contribution < 1.29 is 29.2 Å². The molecule has 0 saturated carbocycles. The predicted octanol–water partition coefficient (Wildman–Crippen LogP) is 8.43.